The summed E-state index contributed by atoms with van der Waals surface area (Å²) in [5.74, 6) is -1.06. The highest BCUT2D eigenvalue weighted by molar-refractivity contribution is 9.11. The predicted octanol–water partition coefficient (Wildman–Crippen LogP) is 4.82. The van der Waals surface area contributed by atoms with E-state index in [9.17, 15) is 14.7 Å². The molecule has 0 atom stereocenters. The fraction of sp³-hybridized carbons (Fsp3) is 0.0556. The highest BCUT2D eigenvalue weighted by Crippen LogP contribution is 2.34. The summed E-state index contributed by atoms with van der Waals surface area (Å²) in [6.45, 7) is 1.85. The number of nitrogens with zero attached hydrogens (tertiary/aromatic N) is 1. The maximum absolute atomic E-state index is 13.0. The third-order valence-corrected chi connectivity index (χ3v) is 5.84. The normalized spacial score (nSPS) is 16.1. The molecule has 1 aliphatic heterocycles. The number of thiocarbonyl (C=S) groups is 1. The molecule has 2 aromatic carbocycles. The molecule has 1 heterocycles. The maximum atomic E-state index is 13.0. The fourth-order valence-electron chi connectivity index (χ4n) is 2.58. The number of hydrogen-bond donors (Lipinski definition) is 2. The lowest BCUT2D eigenvalue weighted by molar-refractivity contribution is -0.122. The summed E-state index contributed by atoms with van der Waals surface area (Å²) in [4.78, 5) is 26.7. The zero-order valence-electron chi connectivity index (χ0n) is 13.7. The second-order valence-electron chi connectivity index (χ2n) is 5.72. The third-order valence-electron chi connectivity index (χ3n) is 3.85. The van der Waals surface area contributed by atoms with E-state index in [0.29, 0.717) is 20.2 Å². The number of hydrogen-bond acceptors (Lipinski definition) is 4. The molecule has 2 amide bonds. The quantitative estimate of drug-likeness (QED) is 0.307. The van der Waals surface area contributed by atoms with Gasteiger partial charge in [-0.05, 0) is 98.5 Å². The maximum Gasteiger partial charge on any atom is 0.270 e. The molecule has 0 aromatic heterocycles. The molecule has 2 N–H and O–H groups in total. The van der Waals surface area contributed by atoms with Crippen molar-refractivity contribution in [2.45, 2.75) is 6.92 Å². The van der Waals surface area contributed by atoms with Gasteiger partial charge in [0, 0.05) is 4.47 Å². The number of anilines is 1. The van der Waals surface area contributed by atoms with Gasteiger partial charge >= 0.3 is 0 Å². The van der Waals surface area contributed by atoms with Crippen molar-refractivity contribution in [1.82, 2.24) is 5.32 Å². The number of phenols is 1. The highest BCUT2D eigenvalue weighted by atomic mass is 79.9. The van der Waals surface area contributed by atoms with E-state index in [-0.39, 0.29) is 16.4 Å². The van der Waals surface area contributed by atoms with E-state index in [1.165, 1.54) is 11.0 Å². The van der Waals surface area contributed by atoms with Crippen molar-refractivity contribution in [2.24, 2.45) is 0 Å². The summed E-state index contributed by atoms with van der Waals surface area (Å²) >= 11 is 15.1. The van der Waals surface area contributed by atoms with E-state index in [2.05, 4.69) is 53.1 Å². The van der Waals surface area contributed by atoms with Gasteiger partial charge in [0.1, 0.15) is 11.3 Å². The molecule has 0 saturated carbocycles. The van der Waals surface area contributed by atoms with E-state index in [1.807, 2.05) is 13.0 Å². The number of carbonyl (C=O) groups excluding carboxylic acids is 2. The molecule has 0 radical (unpaired) electrons. The fourth-order valence-corrected chi connectivity index (χ4v) is 4.55. The van der Waals surface area contributed by atoms with Crippen LogP contribution in [0.1, 0.15) is 11.1 Å². The van der Waals surface area contributed by atoms with Gasteiger partial charge in [0.2, 0.25) is 0 Å². The molecular weight excluding hydrogens is 564 g/mol. The lowest BCUT2D eigenvalue weighted by Crippen LogP contribution is -2.54. The molecule has 1 fully saturated rings. The van der Waals surface area contributed by atoms with Crippen molar-refractivity contribution in [1.29, 1.82) is 0 Å². The Balaban J connectivity index is 2.07. The third kappa shape index (κ3) is 4.01. The Labute approximate surface area is 185 Å². The second kappa shape index (κ2) is 7.83. The largest absolute Gasteiger partial charge is 0.506 e. The van der Waals surface area contributed by atoms with E-state index >= 15 is 0 Å². The van der Waals surface area contributed by atoms with Crippen molar-refractivity contribution in [3.8, 4) is 5.75 Å². The Bertz CT molecular complexity index is 1010. The molecule has 5 nitrogen and oxygen atoms in total. The SMILES string of the molecule is Cc1cc(Br)ccc1N1C(=O)/C(=C/c2cc(Br)c(O)c(Br)c2)C(=O)NC1=S. The molecule has 1 saturated heterocycles. The van der Waals surface area contributed by atoms with Gasteiger partial charge < -0.3 is 5.11 Å². The molecule has 0 unspecified atom stereocenters. The van der Waals surface area contributed by atoms with Gasteiger partial charge in [-0.15, -0.1) is 0 Å². The second-order valence-corrected chi connectivity index (χ2v) is 8.73. The van der Waals surface area contributed by atoms with E-state index in [0.717, 1.165) is 10.0 Å². The number of amides is 2. The first-order valence-electron chi connectivity index (χ1n) is 7.54. The van der Waals surface area contributed by atoms with Crippen LogP contribution in [0.4, 0.5) is 5.69 Å². The first-order valence-corrected chi connectivity index (χ1v) is 10.3. The van der Waals surface area contributed by atoms with Crippen molar-refractivity contribution in [3.05, 3.63) is 60.5 Å². The standard InChI is InChI=1S/C18H11Br3N2O3S/c1-8-4-10(19)2-3-14(8)23-17(26)11(16(25)22-18(23)27)5-9-6-12(20)15(24)13(21)7-9/h2-7,24H,1H3,(H,22,25,27)/b11-5+. The molecule has 0 spiro atoms. The van der Waals surface area contributed by atoms with Gasteiger partial charge in [-0.25, -0.2) is 0 Å². The Morgan fingerprint density at radius 1 is 1.11 bits per heavy atom. The van der Waals surface area contributed by atoms with Crippen LogP contribution in [0.5, 0.6) is 5.75 Å². The number of rotatable bonds is 2. The highest BCUT2D eigenvalue weighted by Gasteiger charge is 2.35. The summed E-state index contributed by atoms with van der Waals surface area (Å²) in [6, 6.07) is 8.63. The number of carbonyl (C=O) groups is 2. The Hall–Kier alpha value is -1.55. The first-order chi connectivity index (χ1) is 12.7. The van der Waals surface area contributed by atoms with Crippen LogP contribution in [0.3, 0.4) is 0 Å². The summed E-state index contributed by atoms with van der Waals surface area (Å²) in [5.41, 5.74) is 1.92. The molecular formula is C18H11Br3N2O3S. The topological polar surface area (TPSA) is 69.6 Å². The Morgan fingerprint density at radius 2 is 1.74 bits per heavy atom. The number of nitrogens with one attached hydrogen (secondary N) is 1. The lowest BCUT2D eigenvalue weighted by atomic mass is 10.1. The Morgan fingerprint density at radius 3 is 2.33 bits per heavy atom. The van der Waals surface area contributed by atoms with Gasteiger partial charge in [0.25, 0.3) is 11.8 Å². The average Bonchev–Trinajstić information content (AvgIpc) is 2.58. The monoisotopic (exact) mass is 572 g/mol. The van der Waals surface area contributed by atoms with Crippen LogP contribution in [0, 0.1) is 6.92 Å². The predicted molar refractivity (Wildman–Crippen MR) is 119 cm³/mol. The summed E-state index contributed by atoms with van der Waals surface area (Å²) in [7, 11) is 0. The van der Waals surface area contributed by atoms with E-state index in [4.69, 9.17) is 12.2 Å². The molecule has 2 aromatic rings. The minimum atomic E-state index is -0.573. The Kier molecular flexibility index (Phi) is 5.85. The van der Waals surface area contributed by atoms with Crippen LogP contribution < -0.4 is 10.2 Å². The van der Waals surface area contributed by atoms with Crippen LogP contribution >= 0.6 is 60.0 Å². The molecule has 27 heavy (non-hydrogen) atoms. The van der Waals surface area contributed by atoms with Crippen LogP contribution in [0.15, 0.2) is 49.3 Å². The summed E-state index contributed by atoms with van der Waals surface area (Å²) in [5, 5.41) is 12.4. The average molecular weight is 575 g/mol. The molecule has 0 bridgehead atoms. The molecule has 1 aliphatic rings. The van der Waals surface area contributed by atoms with Crippen molar-refractivity contribution in [3.63, 3.8) is 0 Å². The summed E-state index contributed by atoms with van der Waals surface area (Å²) in [6.07, 6.45) is 1.45. The first kappa shape index (κ1) is 20.2. The smallest absolute Gasteiger partial charge is 0.270 e. The minimum absolute atomic E-state index is 0.0284. The van der Waals surface area contributed by atoms with Crippen LogP contribution in [-0.4, -0.2) is 22.0 Å². The van der Waals surface area contributed by atoms with Gasteiger partial charge in [-0.2, -0.15) is 0 Å². The number of aromatic hydroxyl groups is 1. The van der Waals surface area contributed by atoms with E-state index in [1.54, 1.807) is 24.3 Å². The van der Waals surface area contributed by atoms with Gasteiger partial charge in [-0.1, -0.05) is 15.9 Å². The van der Waals surface area contributed by atoms with Crippen LogP contribution in [0.25, 0.3) is 6.08 Å². The van der Waals surface area contributed by atoms with Gasteiger partial charge in [0.15, 0.2) is 5.11 Å². The lowest BCUT2D eigenvalue weighted by Gasteiger charge is -2.30. The van der Waals surface area contributed by atoms with Gasteiger partial charge in [0.05, 0.1) is 14.6 Å². The molecule has 3 rings (SSSR count). The zero-order valence-corrected chi connectivity index (χ0v) is 19.3. The van der Waals surface area contributed by atoms with Crippen molar-refractivity contribution >= 4 is 88.7 Å². The van der Waals surface area contributed by atoms with Crippen molar-refractivity contribution in [2.75, 3.05) is 4.90 Å². The van der Waals surface area contributed by atoms with E-state index < -0.39 is 11.8 Å². The van der Waals surface area contributed by atoms with Crippen LogP contribution in [0.2, 0.25) is 0 Å². The molecule has 9 heteroatoms. The number of phenolic OH excluding ortho intramolecular Hbond substituents is 1. The molecule has 138 valence electrons. The van der Waals surface area contributed by atoms with Crippen molar-refractivity contribution < 1.29 is 14.7 Å². The number of aryl methyl sites for hydroxylation is 1. The number of halogens is 3. The summed E-state index contributed by atoms with van der Waals surface area (Å²) < 4.78 is 1.74. The van der Waals surface area contributed by atoms with Gasteiger partial charge in [-0.3, -0.25) is 19.8 Å². The van der Waals surface area contributed by atoms with Crippen LogP contribution in [-0.2, 0) is 9.59 Å². The minimum Gasteiger partial charge on any atom is -0.506 e. The zero-order chi connectivity index (χ0) is 19.9. The number of benzene rings is 2. The molecule has 0 aliphatic carbocycles.